The molecule has 3 aromatic carbocycles. The Balaban J connectivity index is 1.45. The lowest BCUT2D eigenvalue weighted by molar-refractivity contribution is -0.157. The van der Waals surface area contributed by atoms with Gasteiger partial charge in [0.2, 0.25) is 12.1 Å². The lowest BCUT2D eigenvalue weighted by atomic mass is 9.94. The van der Waals surface area contributed by atoms with Gasteiger partial charge in [0.25, 0.3) is 15.9 Å². The van der Waals surface area contributed by atoms with Crippen molar-refractivity contribution in [3.8, 4) is 11.6 Å². The molecule has 47 heavy (non-hydrogen) atoms. The van der Waals surface area contributed by atoms with Gasteiger partial charge in [0.1, 0.15) is 29.6 Å². The number of fused-ring (bicyclic) bond motifs is 1. The molecule has 0 saturated heterocycles. The molecule has 14 heteroatoms. The van der Waals surface area contributed by atoms with Crippen LogP contribution in [-0.2, 0) is 32.3 Å². The number of alkyl halides is 3. The number of hydrogen-bond donors (Lipinski definition) is 1. The van der Waals surface area contributed by atoms with Crippen molar-refractivity contribution in [2.24, 2.45) is 5.41 Å². The molecule has 1 unspecified atom stereocenters. The first-order valence-corrected chi connectivity index (χ1v) is 16.0. The zero-order valence-corrected chi connectivity index (χ0v) is 26.7. The van der Waals surface area contributed by atoms with Crippen LogP contribution in [-0.4, -0.2) is 41.4 Å². The zero-order valence-electron chi connectivity index (χ0n) is 25.9. The fourth-order valence-electron chi connectivity index (χ4n) is 4.87. The Morgan fingerprint density at radius 1 is 0.979 bits per heavy atom. The van der Waals surface area contributed by atoms with E-state index in [1.807, 2.05) is 35.4 Å². The maximum absolute atomic E-state index is 14.1. The Morgan fingerprint density at radius 2 is 1.62 bits per heavy atom. The number of rotatable bonds is 11. The van der Waals surface area contributed by atoms with Crippen molar-refractivity contribution < 1.29 is 45.4 Å². The summed E-state index contributed by atoms with van der Waals surface area (Å²) in [4.78, 5) is 26.5. The lowest BCUT2D eigenvalue weighted by Crippen LogP contribution is -2.37. The van der Waals surface area contributed by atoms with Gasteiger partial charge in [0.15, 0.2) is 0 Å². The number of amides is 1. The summed E-state index contributed by atoms with van der Waals surface area (Å²) in [5, 5.41) is 5.36. The second-order valence-corrected chi connectivity index (χ2v) is 13.7. The Kier molecular flexibility index (Phi) is 9.09. The molecule has 0 fully saturated rings. The molecule has 0 radical (unpaired) electrons. The molecule has 1 atom stereocenters. The fourth-order valence-corrected chi connectivity index (χ4v) is 6.54. The van der Waals surface area contributed by atoms with E-state index in [9.17, 15) is 31.2 Å². The Hall–Kier alpha value is -4.85. The second-order valence-electron chi connectivity index (χ2n) is 11.9. The first-order chi connectivity index (χ1) is 22.1. The highest BCUT2D eigenvalue weighted by atomic mass is 32.2. The van der Waals surface area contributed by atoms with E-state index >= 15 is 0 Å². The molecule has 1 amide bonds. The van der Waals surface area contributed by atoms with E-state index < -0.39 is 51.3 Å². The van der Waals surface area contributed by atoms with E-state index in [-0.39, 0.29) is 40.9 Å². The minimum Gasteiger partial charge on any atom is -0.492 e. The number of nitrogens with zero attached hydrogens (tertiary/aromatic N) is 2. The first-order valence-electron chi connectivity index (χ1n) is 14.5. The van der Waals surface area contributed by atoms with Crippen LogP contribution in [0.25, 0.3) is 0 Å². The summed E-state index contributed by atoms with van der Waals surface area (Å²) < 4.78 is 85.6. The van der Waals surface area contributed by atoms with Crippen molar-refractivity contribution in [1.29, 1.82) is 0 Å². The Morgan fingerprint density at radius 3 is 2.21 bits per heavy atom. The van der Waals surface area contributed by atoms with Crippen LogP contribution in [0.5, 0.6) is 11.6 Å². The number of hydrogen-bond acceptors (Lipinski definition) is 8. The molecule has 0 aliphatic carbocycles. The molecule has 248 valence electrons. The van der Waals surface area contributed by atoms with Crippen LogP contribution in [0.3, 0.4) is 0 Å². The van der Waals surface area contributed by atoms with Gasteiger partial charge in [0.05, 0.1) is 11.0 Å². The summed E-state index contributed by atoms with van der Waals surface area (Å²) in [6, 6.07) is 20.2. The minimum atomic E-state index is -4.77. The average molecular weight is 672 g/mol. The molecule has 10 nitrogen and oxygen atoms in total. The molecule has 2 heterocycles. The van der Waals surface area contributed by atoms with Gasteiger partial charge in [0, 0.05) is 17.7 Å². The quantitative estimate of drug-likeness (QED) is 0.176. The Bertz CT molecular complexity index is 1880. The number of benzene rings is 3. The van der Waals surface area contributed by atoms with Crippen molar-refractivity contribution >= 4 is 21.9 Å². The predicted octanol–water partition coefficient (Wildman–Crippen LogP) is 6.62. The number of carbonyl (C=O) groups excluding carboxylic acids is 2. The standard InChI is InChI=1S/C33H32F3N3O7S/c1-20(2)24-15-23(45-19-32(3,4)31(41)44-18-21-11-7-5-8-12-21)16-25-28(24)29(40)39(47(25,42)43)30(22-13-9-6-10-14-22)46-27-17-26(37-38-27)33(34,35)36/h5-17,20,30H,18-19H2,1-4H3,(H,37,38). The Labute approximate surface area is 269 Å². The van der Waals surface area contributed by atoms with Gasteiger partial charge >= 0.3 is 12.1 Å². The predicted molar refractivity (Wildman–Crippen MR) is 163 cm³/mol. The monoisotopic (exact) mass is 671 g/mol. The highest BCUT2D eigenvalue weighted by Crippen LogP contribution is 2.43. The smallest absolute Gasteiger partial charge is 0.432 e. The van der Waals surface area contributed by atoms with Gasteiger partial charge in [-0.3, -0.25) is 14.7 Å². The summed E-state index contributed by atoms with van der Waals surface area (Å²) in [6.07, 6.45) is -6.47. The van der Waals surface area contributed by atoms with Gasteiger partial charge in [-0.1, -0.05) is 74.5 Å². The topological polar surface area (TPSA) is 128 Å². The van der Waals surface area contributed by atoms with Crippen molar-refractivity contribution in [3.05, 3.63) is 107 Å². The third kappa shape index (κ3) is 6.97. The van der Waals surface area contributed by atoms with Crippen molar-refractivity contribution in [3.63, 3.8) is 0 Å². The number of H-pyrrole nitrogens is 1. The molecule has 1 aromatic heterocycles. The van der Waals surface area contributed by atoms with Crippen molar-refractivity contribution in [2.75, 3.05) is 6.61 Å². The number of aromatic amines is 1. The van der Waals surface area contributed by atoms with E-state index in [1.165, 1.54) is 24.3 Å². The minimum absolute atomic E-state index is 0.0656. The van der Waals surface area contributed by atoms with Crippen LogP contribution in [0.2, 0.25) is 0 Å². The molecule has 1 N–H and O–H groups in total. The maximum Gasteiger partial charge on any atom is 0.432 e. The third-order valence-electron chi connectivity index (χ3n) is 7.43. The summed E-state index contributed by atoms with van der Waals surface area (Å²) in [5.74, 6) is -2.29. The molecule has 0 spiro atoms. The molecule has 4 aromatic rings. The third-order valence-corrected chi connectivity index (χ3v) is 9.19. The largest absolute Gasteiger partial charge is 0.492 e. The normalized spacial score (nSPS) is 15.0. The highest BCUT2D eigenvalue weighted by Gasteiger charge is 2.49. The summed E-state index contributed by atoms with van der Waals surface area (Å²) in [5.41, 5.74) is -1.12. The molecule has 5 rings (SSSR count). The van der Waals surface area contributed by atoms with Gasteiger partial charge in [-0.2, -0.15) is 17.5 Å². The van der Waals surface area contributed by atoms with Crippen molar-refractivity contribution in [2.45, 2.75) is 57.5 Å². The number of ether oxygens (including phenoxy) is 3. The van der Waals surface area contributed by atoms with Crippen LogP contribution in [0, 0.1) is 5.41 Å². The average Bonchev–Trinajstić information content (AvgIpc) is 3.59. The fraction of sp³-hybridized carbons (Fsp3) is 0.303. The number of halogens is 3. The number of sulfonamides is 1. The van der Waals surface area contributed by atoms with E-state index in [0.29, 0.717) is 15.9 Å². The molecule has 0 bridgehead atoms. The SMILES string of the molecule is CC(C)c1cc(OCC(C)(C)C(=O)OCc2ccccc2)cc2c1C(=O)N(C(Oc1cc(C(F)(F)F)[nH]n1)c1ccccc1)S2(=O)=O. The maximum atomic E-state index is 14.1. The zero-order chi connectivity index (χ0) is 34.1. The number of nitrogens with one attached hydrogen (secondary N) is 1. The summed E-state index contributed by atoms with van der Waals surface area (Å²) in [6.45, 7) is 6.67. The molecular formula is C33H32F3N3O7S. The van der Waals surface area contributed by atoms with Crippen LogP contribution in [0.4, 0.5) is 13.2 Å². The van der Waals surface area contributed by atoms with Gasteiger partial charge < -0.3 is 14.2 Å². The van der Waals surface area contributed by atoms with Gasteiger partial charge in [-0.15, -0.1) is 5.10 Å². The molecule has 1 aliphatic heterocycles. The highest BCUT2D eigenvalue weighted by molar-refractivity contribution is 7.90. The molecule has 0 saturated carbocycles. The van der Waals surface area contributed by atoms with Crippen LogP contribution < -0.4 is 9.47 Å². The van der Waals surface area contributed by atoms with Crippen LogP contribution in [0.1, 0.15) is 72.6 Å². The first kappa shape index (κ1) is 33.5. The summed E-state index contributed by atoms with van der Waals surface area (Å²) >= 11 is 0. The summed E-state index contributed by atoms with van der Waals surface area (Å²) in [7, 11) is -4.65. The number of esters is 1. The van der Waals surface area contributed by atoms with E-state index in [0.717, 1.165) is 5.56 Å². The van der Waals surface area contributed by atoms with E-state index in [1.54, 1.807) is 45.9 Å². The van der Waals surface area contributed by atoms with Gasteiger partial charge in [-0.05, 0) is 37.0 Å². The number of carbonyl (C=O) groups is 2. The number of aromatic nitrogens is 2. The molecular weight excluding hydrogens is 639 g/mol. The van der Waals surface area contributed by atoms with Crippen LogP contribution in [0.15, 0.2) is 83.8 Å². The van der Waals surface area contributed by atoms with Gasteiger partial charge in [-0.25, -0.2) is 8.42 Å². The van der Waals surface area contributed by atoms with E-state index in [4.69, 9.17) is 14.2 Å². The second kappa shape index (κ2) is 12.7. The van der Waals surface area contributed by atoms with Crippen LogP contribution >= 0.6 is 0 Å². The van der Waals surface area contributed by atoms with Crippen molar-refractivity contribution in [1.82, 2.24) is 14.5 Å². The lowest BCUT2D eigenvalue weighted by Gasteiger charge is -2.26. The van der Waals surface area contributed by atoms with E-state index in [2.05, 4.69) is 5.10 Å². The molecule has 1 aliphatic rings.